The van der Waals surface area contributed by atoms with Crippen LogP contribution in [-0.2, 0) is 0 Å². The van der Waals surface area contributed by atoms with Crippen molar-refractivity contribution in [2.45, 2.75) is 26.0 Å². The second-order valence-corrected chi connectivity index (χ2v) is 1.77. The molecular formula is C4H9NO3. The van der Waals surface area contributed by atoms with E-state index in [2.05, 4.69) is 0 Å². The highest BCUT2D eigenvalue weighted by Crippen LogP contribution is 1.93. The number of hydrogen-bond donors (Lipinski definition) is 1. The van der Waals surface area contributed by atoms with E-state index >= 15 is 0 Å². The maximum Gasteiger partial charge on any atom is 0.235 e. The number of aliphatic hydroxyl groups excluding tert-OH is 1. The highest BCUT2D eigenvalue weighted by atomic mass is 16.6. The molecule has 4 nitrogen and oxygen atoms in total. The lowest BCUT2D eigenvalue weighted by atomic mass is 10.2. The zero-order chi connectivity index (χ0) is 6.73. The topological polar surface area (TPSA) is 63.4 Å². The van der Waals surface area contributed by atoms with E-state index in [1.165, 1.54) is 13.8 Å². The van der Waals surface area contributed by atoms with Crippen molar-refractivity contribution < 1.29 is 10.0 Å². The molecule has 48 valence electrons. The molecule has 0 aromatic carbocycles. The number of aliphatic hydroxyl groups is 1. The molecule has 0 aliphatic heterocycles. The van der Waals surface area contributed by atoms with E-state index < -0.39 is 17.1 Å². The molecule has 0 rings (SSSR count). The summed E-state index contributed by atoms with van der Waals surface area (Å²) < 4.78 is 0. The average molecular weight is 119 g/mol. The fraction of sp³-hybridized carbons (Fsp3) is 1.00. The maximum atomic E-state index is 9.79. The van der Waals surface area contributed by atoms with E-state index in [0.717, 1.165) is 0 Å². The van der Waals surface area contributed by atoms with Gasteiger partial charge >= 0.3 is 0 Å². The van der Waals surface area contributed by atoms with Crippen LogP contribution in [0.2, 0.25) is 0 Å². The average Bonchev–Trinajstić information content (AvgIpc) is 1.64. The third-order valence-corrected chi connectivity index (χ3v) is 1.03. The van der Waals surface area contributed by atoms with Crippen molar-refractivity contribution in [2.75, 3.05) is 0 Å². The van der Waals surface area contributed by atoms with Gasteiger partial charge in [-0.3, -0.25) is 10.1 Å². The molecule has 0 aromatic heterocycles. The van der Waals surface area contributed by atoms with E-state index in [0.29, 0.717) is 0 Å². The summed E-state index contributed by atoms with van der Waals surface area (Å²) >= 11 is 0. The van der Waals surface area contributed by atoms with Gasteiger partial charge in [0.15, 0.2) is 0 Å². The Balaban J connectivity index is 3.64. The maximum absolute atomic E-state index is 9.79. The van der Waals surface area contributed by atoms with Crippen LogP contribution in [-0.4, -0.2) is 22.2 Å². The number of rotatable bonds is 2. The molecule has 0 saturated heterocycles. The van der Waals surface area contributed by atoms with Gasteiger partial charge in [-0.2, -0.15) is 0 Å². The van der Waals surface area contributed by atoms with Gasteiger partial charge in [-0.25, -0.2) is 0 Å². The predicted octanol–water partition coefficient (Wildman–Crippen LogP) is 0.0324. The molecule has 0 spiro atoms. The summed E-state index contributed by atoms with van der Waals surface area (Å²) in [7, 11) is 0. The summed E-state index contributed by atoms with van der Waals surface area (Å²) in [5, 5.41) is 18.3. The van der Waals surface area contributed by atoms with Gasteiger partial charge in [-0.1, -0.05) is 0 Å². The van der Waals surface area contributed by atoms with Gasteiger partial charge in [0.1, 0.15) is 6.10 Å². The first-order valence-corrected chi connectivity index (χ1v) is 2.37. The first-order chi connectivity index (χ1) is 3.55. The zero-order valence-corrected chi connectivity index (χ0v) is 4.87. The third kappa shape index (κ3) is 1.88. The lowest BCUT2D eigenvalue weighted by Gasteiger charge is -2.03. The van der Waals surface area contributed by atoms with Crippen LogP contribution in [0.25, 0.3) is 0 Å². The van der Waals surface area contributed by atoms with Crippen molar-refractivity contribution in [3.63, 3.8) is 0 Å². The van der Waals surface area contributed by atoms with E-state index in [-0.39, 0.29) is 0 Å². The highest BCUT2D eigenvalue weighted by molar-refractivity contribution is 4.53. The minimum atomic E-state index is -0.856. The quantitative estimate of drug-likeness (QED) is 0.412. The van der Waals surface area contributed by atoms with Gasteiger partial charge in [-0.05, 0) is 6.92 Å². The van der Waals surface area contributed by atoms with Crippen molar-refractivity contribution in [3.8, 4) is 0 Å². The van der Waals surface area contributed by atoms with Crippen LogP contribution < -0.4 is 0 Å². The smallest absolute Gasteiger partial charge is 0.235 e. The molecular weight excluding hydrogens is 110 g/mol. The van der Waals surface area contributed by atoms with Gasteiger partial charge in [0.05, 0.1) is 0 Å². The first kappa shape index (κ1) is 7.36. The Labute approximate surface area is 47.3 Å². The van der Waals surface area contributed by atoms with Crippen LogP contribution in [0.4, 0.5) is 0 Å². The minimum Gasteiger partial charge on any atom is -0.386 e. The number of nitro groups is 1. The molecule has 0 heterocycles. The Morgan fingerprint density at radius 3 is 2.00 bits per heavy atom. The highest BCUT2D eigenvalue weighted by Gasteiger charge is 2.18. The minimum absolute atomic E-state index is 0.509. The normalized spacial score (nSPS) is 17.4. The summed E-state index contributed by atoms with van der Waals surface area (Å²) in [5.74, 6) is 0. The van der Waals surface area contributed by atoms with Gasteiger partial charge in [0.2, 0.25) is 6.04 Å². The molecule has 0 aliphatic carbocycles. The SMILES string of the molecule is C[C@@H](O)[C@H](C)[N+](=O)[O-]. The molecule has 0 unspecified atom stereocenters. The van der Waals surface area contributed by atoms with Gasteiger partial charge in [0.25, 0.3) is 0 Å². The van der Waals surface area contributed by atoms with Crippen LogP contribution in [0, 0.1) is 10.1 Å². The molecule has 8 heavy (non-hydrogen) atoms. The second-order valence-electron chi connectivity index (χ2n) is 1.77. The largest absolute Gasteiger partial charge is 0.386 e. The molecule has 2 atom stereocenters. The van der Waals surface area contributed by atoms with Crippen molar-refractivity contribution in [3.05, 3.63) is 10.1 Å². The Morgan fingerprint density at radius 2 is 2.00 bits per heavy atom. The zero-order valence-electron chi connectivity index (χ0n) is 4.87. The number of nitrogens with zero attached hydrogens (tertiary/aromatic N) is 1. The molecule has 1 N–H and O–H groups in total. The fourth-order valence-electron chi connectivity index (χ4n) is 0.176. The third-order valence-electron chi connectivity index (χ3n) is 1.03. The summed E-state index contributed by atoms with van der Waals surface area (Å²) in [4.78, 5) is 9.28. The first-order valence-electron chi connectivity index (χ1n) is 2.37. The summed E-state index contributed by atoms with van der Waals surface area (Å²) in [6.07, 6.45) is -0.856. The standard InChI is InChI=1S/C4H9NO3/c1-3(4(2)6)5(7)8/h3-4,6H,1-2H3/t3-,4+/m0/s1. The molecule has 0 aliphatic rings. The second kappa shape index (κ2) is 2.61. The summed E-state index contributed by atoms with van der Waals surface area (Å²) in [6, 6.07) is -0.852. The Morgan fingerprint density at radius 1 is 1.62 bits per heavy atom. The fourth-order valence-corrected chi connectivity index (χ4v) is 0.176. The molecule has 4 heteroatoms. The summed E-state index contributed by atoms with van der Waals surface area (Å²) in [5.41, 5.74) is 0. The molecule has 0 saturated carbocycles. The Bertz CT molecular complexity index is 91.3. The van der Waals surface area contributed by atoms with E-state index in [4.69, 9.17) is 5.11 Å². The van der Waals surface area contributed by atoms with Crippen LogP contribution in [0.1, 0.15) is 13.8 Å². The van der Waals surface area contributed by atoms with Crippen LogP contribution in [0.15, 0.2) is 0 Å². The molecule has 0 radical (unpaired) electrons. The van der Waals surface area contributed by atoms with Crippen molar-refractivity contribution in [1.82, 2.24) is 0 Å². The van der Waals surface area contributed by atoms with E-state index in [1.54, 1.807) is 0 Å². The van der Waals surface area contributed by atoms with Crippen molar-refractivity contribution in [2.24, 2.45) is 0 Å². The van der Waals surface area contributed by atoms with Gasteiger partial charge in [-0.15, -0.1) is 0 Å². The monoisotopic (exact) mass is 119 g/mol. The Kier molecular flexibility index (Phi) is 2.41. The lowest BCUT2D eigenvalue weighted by molar-refractivity contribution is -0.528. The summed E-state index contributed by atoms with van der Waals surface area (Å²) in [6.45, 7) is 2.76. The predicted molar refractivity (Wildman–Crippen MR) is 28.1 cm³/mol. The lowest BCUT2D eigenvalue weighted by Crippen LogP contribution is -2.27. The molecule has 0 amide bonds. The Hall–Kier alpha value is -0.640. The van der Waals surface area contributed by atoms with E-state index in [1.807, 2.05) is 0 Å². The molecule has 0 fully saturated rings. The van der Waals surface area contributed by atoms with Crippen LogP contribution in [0.5, 0.6) is 0 Å². The van der Waals surface area contributed by atoms with Crippen molar-refractivity contribution in [1.29, 1.82) is 0 Å². The molecule has 0 aromatic rings. The van der Waals surface area contributed by atoms with Gasteiger partial charge in [0, 0.05) is 11.8 Å². The van der Waals surface area contributed by atoms with E-state index in [9.17, 15) is 10.1 Å². The van der Waals surface area contributed by atoms with Crippen molar-refractivity contribution >= 4 is 0 Å². The molecule has 0 bridgehead atoms. The van der Waals surface area contributed by atoms with Crippen LogP contribution >= 0.6 is 0 Å². The number of hydrogen-bond acceptors (Lipinski definition) is 3. The van der Waals surface area contributed by atoms with Gasteiger partial charge < -0.3 is 5.11 Å². The van der Waals surface area contributed by atoms with Crippen LogP contribution in [0.3, 0.4) is 0 Å².